The average Bonchev–Trinajstić information content (AvgIpc) is 2.75. The van der Waals surface area contributed by atoms with E-state index >= 15 is 0 Å². The molecule has 0 aromatic carbocycles. The van der Waals surface area contributed by atoms with Gasteiger partial charge in [-0.2, -0.15) is 0 Å². The molecule has 1 rings (SSSR count). The normalized spacial score (nSPS) is 11.5. The molecule has 1 aromatic heterocycles. The van der Waals surface area contributed by atoms with Gasteiger partial charge < -0.3 is 10.4 Å². The third-order valence-electron chi connectivity index (χ3n) is 2.95. The Morgan fingerprint density at radius 3 is 2.83 bits per heavy atom. The minimum absolute atomic E-state index is 0.129. The lowest BCUT2D eigenvalue weighted by Gasteiger charge is -2.25. The molecule has 0 bridgehead atoms. The maximum atomic E-state index is 10.9. The van der Waals surface area contributed by atoms with Gasteiger partial charge in [-0.1, -0.05) is 40.0 Å². The first-order valence-electron chi connectivity index (χ1n) is 6.37. The van der Waals surface area contributed by atoms with Gasteiger partial charge in [-0.3, -0.25) is 0 Å². The smallest absolute Gasteiger partial charge is 0.357 e. The summed E-state index contributed by atoms with van der Waals surface area (Å²) in [4.78, 5) is 14.8. The summed E-state index contributed by atoms with van der Waals surface area (Å²) in [5, 5.41) is 12.8. The van der Waals surface area contributed by atoms with E-state index in [1.54, 1.807) is 5.51 Å². The fourth-order valence-corrected chi connectivity index (χ4v) is 2.46. The van der Waals surface area contributed by atoms with Gasteiger partial charge in [0.15, 0.2) is 5.69 Å². The molecule has 0 aliphatic carbocycles. The molecule has 0 aliphatic rings. The molecule has 0 unspecified atom stereocenters. The van der Waals surface area contributed by atoms with Gasteiger partial charge in [-0.05, 0) is 11.8 Å². The average molecular weight is 270 g/mol. The number of aromatic carboxylic acids is 1. The Kier molecular flexibility index (Phi) is 5.59. The topological polar surface area (TPSA) is 62.2 Å². The van der Waals surface area contributed by atoms with Crippen LogP contribution in [0.15, 0.2) is 5.51 Å². The zero-order valence-corrected chi connectivity index (χ0v) is 12.1. The maximum absolute atomic E-state index is 10.9. The highest BCUT2D eigenvalue weighted by molar-refractivity contribution is 7.14. The highest BCUT2D eigenvalue weighted by Crippen LogP contribution is 2.27. The van der Waals surface area contributed by atoms with Gasteiger partial charge in [-0.15, -0.1) is 11.3 Å². The predicted molar refractivity (Wildman–Crippen MR) is 75.5 cm³/mol. The fraction of sp³-hybridized carbons (Fsp3) is 0.692. The summed E-state index contributed by atoms with van der Waals surface area (Å²) in [5.74, 6) is -0.970. The molecule has 0 fully saturated rings. The van der Waals surface area contributed by atoms with E-state index in [1.165, 1.54) is 30.6 Å². The molecule has 102 valence electrons. The van der Waals surface area contributed by atoms with E-state index in [9.17, 15) is 4.79 Å². The lowest BCUT2D eigenvalue weighted by Crippen LogP contribution is -2.23. The molecule has 0 aliphatic heterocycles. The van der Waals surface area contributed by atoms with Crippen molar-refractivity contribution in [3.05, 3.63) is 11.2 Å². The SMILES string of the molecule is CCCCCC(C)(C)CNc1scnc1C(=O)O. The van der Waals surface area contributed by atoms with Gasteiger partial charge in [0.2, 0.25) is 0 Å². The number of aromatic nitrogens is 1. The summed E-state index contributed by atoms with van der Waals surface area (Å²) in [5.41, 5.74) is 1.87. The van der Waals surface area contributed by atoms with Gasteiger partial charge in [-0.25, -0.2) is 9.78 Å². The third-order valence-corrected chi connectivity index (χ3v) is 3.74. The first-order chi connectivity index (χ1) is 8.46. The number of unbranched alkanes of at least 4 members (excludes halogenated alkanes) is 2. The molecular weight excluding hydrogens is 248 g/mol. The number of nitrogens with one attached hydrogen (secondary N) is 1. The van der Waals surface area contributed by atoms with Crippen LogP contribution in [0.5, 0.6) is 0 Å². The van der Waals surface area contributed by atoms with Gasteiger partial charge in [0.05, 0.1) is 5.51 Å². The van der Waals surface area contributed by atoms with Crippen LogP contribution in [0.4, 0.5) is 5.00 Å². The lowest BCUT2D eigenvalue weighted by atomic mass is 9.87. The van der Waals surface area contributed by atoms with Crippen LogP contribution in [0.2, 0.25) is 0 Å². The van der Waals surface area contributed by atoms with E-state index in [0.29, 0.717) is 5.00 Å². The Morgan fingerprint density at radius 2 is 2.22 bits per heavy atom. The summed E-state index contributed by atoms with van der Waals surface area (Å²) in [6, 6.07) is 0. The second-order valence-corrected chi connectivity index (χ2v) is 6.16. The first-order valence-corrected chi connectivity index (χ1v) is 7.25. The minimum atomic E-state index is -0.970. The van der Waals surface area contributed by atoms with Crippen LogP contribution in [0.25, 0.3) is 0 Å². The molecule has 1 aromatic rings. The van der Waals surface area contributed by atoms with Crippen LogP contribution < -0.4 is 5.32 Å². The van der Waals surface area contributed by atoms with Crippen molar-refractivity contribution >= 4 is 22.3 Å². The highest BCUT2D eigenvalue weighted by atomic mass is 32.1. The van der Waals surface area contributed by atoms with Crippen molar-refractivity contribution in [3.63, 3.8) is 0 Å². The Bertz CT molecular complexity index is 388. The lowest BCUT2D eigenvalue weighted by molar-refractivity contribution is 0.0692. The van der Waals surface area contributed by atoms with Gasteiger partial charge >= 0.3 is 5.97 Å². The molecule has 5 heteroatoms. The third kappa shape index (κ3) is 4.64. The molecule has 18 heavy (non-hydrogen) atoms. The van der Waals surface area contributed by atoms with Crippen molar-refractivity contribution in [1.29, 1.82) is 0 Å². The van der Waals surface area contributed by atoms with Gasteiger partial charge in [0.1, 0.15) is 5.00 Å². The van der Waals surface area contributed by atoms with Gasteiger partial charge in [0.25, 0.3) is 0 Å². The van der Waals surface area contributed by atoms with Crippen molar-refractivity contribution in [2.24, 2.45) is 5.41 Å². The summed E-state index contributed by atoms with van der Waals surface area (Å²) in [7, 11) is 0. The Labute approximate surface area is 112 Å². The van der Waals surface area contributed by atoms with E-state index in [1.807, 2.05) is 0 Å². The Morgan fingerprint density at radius 1 is 1.50 bits per heavy atom. The van der Waals surface area contributed by atoms with Crippen LogP contribution in [-0.2, 0) is 0 Å². The Hall–Kier alpha value is -1.10. The monoisotopic (exact) mass is 270 g/mol. The molecule has 4 nitrogen and oxygen atoms in total. The maximum Gasteiger partial charge on any atom is 0.357 e. The second kappa shape index (κ2) is 6.73. The van der Waals surface area contributed by atoms with Crippen molar-refractivity contribution in [2.45, 2.75) is 46.5 Å². The number of carbonyl (C=O) groups is 1. The number of thiazole rings is 1. The predicted octanol–water partition coefficient (Wildman–Crippen LogP) is 3.86. The summed E-state index contributed by atoms with van der Waals surface area (Å²) >= 11 is 1.34. The van der Waals surface area contributed by atoms with Crippen LogP contribution in [0.1, 0.15) is 56.9 Å². The van der Waals surface area contributed by atoms with Crippen LogP contribution in [-0.4, -0.2) is 22.6 Å². The van der Waals surface area contributed by atoms with E-state index in [-0.39, 0.29) is 11.1 Å². The van der Waals surface area contributed by atoms with E-state index in [0.717, 1.165) is 13.0 Å². The number of hydrogen-bond donors (Lipinski definition) is 2. The molecule has 0 spiro atoms. The summed E-state index contributed by atoms with van der Waals surface area (Å²) < 4.78 is 0. The number of nitrogens with zero attached hydrogens (tertiary/aromatic N) is 1. The molecule has 0 atom stereocenters. The number of carboxylic acids is 1. The van der Waals surface area contributed by atoms with Crippen LogP contribution in [0, 0.1) is 5.41 Å². The molecule has 2 N–H and O–H groups in total. The van der Waals surface area contributed by atoms with E-state index < -0.39 is 5.97 Å². The molecule has 0 saturated heterocycles. The summed E-state index contributed by atoms with van der Waals surface area (Å²) in [6.07, 6.45) is 4.85. The number of rotatable bonds is 8. The largest absolute Gasteiger partial charge is 0.476 e. The Balaban J connectivity index is 2.48. The van der Waals surface area contributed by atoms with Crippen LogP contribution >= 0.6 is 11.3 Å². The molecule has 0 saturated carbocycles. The highest BCUT2D eigenvalue weighted by Gasteiger charge is 2.19. The number of anilines is 1. The quantitative estimate of drug-likeness (QED) is 0.704. The molecule has 0 amide bonds. The first kappa shape index (κ1) is 15.0. The van der Waals surface area contributed by atoms with E-state index in [4.69, 9.17) is 5.11 Å². The number of carboxylic acid groups (broad SMARTS) is 1. The van der Waals surface area contributed by atoms with Crippen molar-refractivity contribution < 1.29 is 9.90 Å². The molecular formula is C13H22N2O2S. The van der Waals surface area contributed by atoms with E-state index in [2.05, 4.69) is 31.1 Å². The number of hydrogen-bond acceptors (Lipinski definition) is 4. The zero-order chi connectivity index (χ0) is 13.6. The molecule has 1 heterocycles. The summed E-state index contributed by atoms with van der Waals surface area (Å²) in [6.45, 7) is 7.38. The zero-order valence-electron chi connectivity index (χ0n) is 11.3. The fourth-order valence-electron chi connectivity index (χ4n) is 1.79. The molecule has 0 radical (unpaired) electrons. The van der Waals surface area contributed by atoms with Crippen molar-refractivity contribution in [3.8, 4) is 0 Å². The van der Waals surface area contributed by atoms with Crippen molar-refractivity contribution in [2.75, 3.05) is 11.9 Å². The second-order valence-electron chi connectivity index (χ2n) is 5.31. The van der Waals surface area contributed by atoms with Gasteiger partial charge in [0, 0.05) is 6.54 Å². The van der Waals surface area contributed by atoms with Crippen molar-refractivity contribution in [1.82, 2.24) is 4.98 Å². The van der Waals surface area contributed by atoms with Crippen LogP contribution in [0.3, 0.4) is 0 Å². The minimum Gasteiger partial charge on any atom is -0.476 e. The standard InChI is InChI=1S/C13H22N2O2S/c1-4-5-6-7-13(2,3)8-14-11-10(12(16)17)15-9-18-11/h9,14H,4-8H2,1-3H3,(H,16,17).